The van der Waals surface area contributed by atoms with Crippen LogP contribution >= 0.6 is 0 Å². The molecule has 0 radical (unpaired) electrons. The van der Waals surface area contributed by atoms with E-state index in [0.717, 1.165) is 0 Å². The van der Waals surface area contributed by atoms with Crippen LogP contribution in [0.2, 0.25) is 0 Å². The molecule has 0 heterocycles. The lowest BCUT2D eigenvalue weighted by Gasteiger charge is -2.35. The molecule has 0 unspecified atom stereocenters. The first-order chi connectivity index (χ1) is 6.76. The molecule has 0 amide bonds. The Kier molecular flexibility index (Phi) is 12.8. The van der Waals surface area contributed by atoms with E-state index < -0.39 is 0 Å². The van der Waals surface area contributed by atoms with Crippen LogP contribution in [0.3, 0.4) is 0 Å². The van der Waals surface area contributed by atoms with Crippen LogP contribution in [0.25, 0.3) is 0 Å². The summed E-state index contributed by atoms with van der Waals surface area (Å²) in [5.74, 6) is 0. The second-order valence-electron chi connectivity index (χ2n) is 3.93. The van der Waals surface area contributed by atoms with Gasteiger partial charge in [-0.15, -0.1) is 0 Å². The van der Waals surface area contributed by atoms with Crippen LogP contribution in [-0.2, 0) is 6.54 Å². The fourth-order valence-electron chi connectivity index (χ4n) is 1.98. The highest BCUT2D eigenvalue weighted by Crippen LogP contribution is 2.13. The molecule has 0 atom stereocenters. The number of hydrogen-bond acceptors (Lipinski definition) is 2. The molecule has 0 fully saturated rings. The molecule has 6 N–H and O–H groups in total. The Bertz CT molecular complexity index is 253. The molecule has 1 aromatic rings. The SMILES string of the molecule is CC[N+](CC)(CC)Cc1ccccc1.[NH4+].[OH-].[OH-]. The highest BCUT2D eigenvalue weighted by molar-refractivity contribution is 5.13. The molecule has 4 nitrogen and oxygen atoms in total. The normalized spacial score (nSPS) is 9.59. The second kappa shape index (κ2) is 10.2. The number of hydrogen-bond donors (Lipinski definition) is 1. The first-order valence-electron chi connectivity index (χ1n) is 5.65. The molecule has 0 bridgehead atoms. The van der Waals surface area contributed by atoms with Crippen molar-refractivity contribution in [2.45, 2.75) is 27.3 Å². The lowest BCUT2D eigenvalue weighted by Crippen LogP contribution is -2.46. The number of benzene rings is 1. The lowest BCUT2D eigenvalue weighted by atomic mass is 10.2. The standard InChI is InChI=1S/C13H22N.H3N.2H2O/c1-4-14(5-2,6-3)12-13-10-8-7-9-11-13;;;/h7-11H,4-6,12H2,1-3H3;1H3;2*1H2/q+1;;;/p-1. The third-order valence-electron chi connectivity index (χ3n) is 3.37. The minimum atomic E-state index is 0. The number of rotatable bonds is 5. The number of quaternary nitrogens is 2. The first-order valence-corrected chi connectivity index (χ1v) is 5.65. The van der Waals surface area contributed by atoms with E-state index in [9.17, 15) is 0 Å². The van der Waals surface area contributed by atoms with Crippen molar-refractivity contribution < 1.29 is 15.4 Å². The Morgan fingerprint density at radius 3 is 1.59 bits per heavy atom. The molecule has 1 aromatic carbocycles. The second-order valence-corrected chi connectivity index (χ2v) is 3.93. The molecule has 17 heavy (non-hydrogen) atoms. The van der Waals surface area contributed by atoms with Crippen LogP contribution in [0.4, 0.5) is 0 Å². The predicted octanol–water partition coefficient (Wildman–Crippen LogP) is 3.09. The highest BCUT2D eigenvalue weighted by Gasteiger charge is 2.20. The quantitative estimate of drug-likeness (QED) is 0.805. The van der Waals surface area contributed by atoms with Crippen molar-refractivity contribution in [1.29, 1.82) is 0 Å². The molecule has 0 aliphatic heterocycles. The summed E-state index contributed by atoms with van der Waals surface area (Å²) in [6.45, 7) is 11.7. The van der Waals surface area contributed by atoms with Crippen molar-refractivity contribution in [2.75, 3.05) is 19.6 Å². The maximum absolute atomic E-state index is 2.29. The largest absolute Gasteiger partial charge is 0.870 e. The van der Waals surface area contributed by atoms with Gasteiger partial charge in [0.15, 0.2) is 0 Å². The average molecular weight is 244 g/mol. The van der Waals surface area contributed by atoms with E-state index in [1.165, 1.54) is 36.2 Å². The fraction of sp³-hybridized carbons (Fsp3) is 0.538. The van der Waals surface area contributed by atoms with Gasteiger partial charge in [0.2, 0.25) is 0 Å². The van der Waals surface area contributed by atoms with Gasteiger partial charge in [-0.1, -0.05) is 30.3 Å². The van der Waals surface area contributed by atoms with Crippen molar-refractivity contribution in [3.63, 3.8) is 0 Å². The van der Waals surface area contributed by atoms with E-state index in [2.05, 4.69) is 51.1 Å². The topological polar surface area (TPSA) is 96.5 Å². The van der Waals surface area contributed by atoms with E-state index >= 15 is 0 Å². The van der Waals surface area contributed by atoms with Gasteiger partial charge in [0.05, 0.1) is 19.6 Å². The fourth-order valence-corrected chi connectivity index (χ4v) is 1.98. The zero-order valence-corrected chi connectivity index (χ0v) is 11.6. The van der Waals surface area contributed by atoms with Gasteiger partial charge in [-0.25, -0.2) is 0 Å². The molecular weight excluding hydrogens is 216 g/mol. The average Bonchev–Trinajstić information content (AvgIpc) is 2.28. The maximum atomic E-state index is 2.29. The third-order valence-corrected chi connectivity index (χ3v) is 3.37. The van der Waals surface area contributed by atoms with Crippen molar-refractivity contribution in [1.82, 2.24) is 6.15 Å². The van der Waals surface area contributed by atoms with Gasteiger partial charge in [-0.05, 0) is 20.8 Å². The van der Waals surface area contributed by atoms with Crippen LogP contribution in [-0.4, -0.2) is 35.1 Å². The smallest absolute Gasteiger partial charge is 0.104 e. The maximum Gasteiger partial charge on any atom is 0.104 e. The molecule has 4 heteroatoms. The van der Waals surface area contributed by atoms with E-state index in [1.54, 1.807) is 0 Å². The lowest BCUT2D eigenvalue weighted by molar-refractivity contribution is -0.936. The number of nitrogens with zero attached hydrogens (tertiary/aromatic N) is 1. The van der Waals surface area contributed by atoms with E-state index in [1.807, 2.05) is 0 Å². The Labute approximate surface area is 105 Å². The third kappa shape index (κ3) is 5.79. The summed E-state index contributed by atoms with van der Waals surface area (Å²) in [7, 11) is 0. The minimum Gasteiger partial charge on any atom is -0.870 e. The van der Waals surface area contributed by atoms with Crippen molar-refractivity contribution >= 4 is 0 Å². The van der Waals surface area contributed by atoms with Crippen LogP contribution in [0.1, 0.15) is 26.3 Å². The summed E-state index contributed by atoms with van der Waals surface area (Å²) in [6, 6.07) is 10.8. The van der Waals surface area contributed by atoms with Gasteiger partial charge >= 0.3 is 0 Å². The van der Waals surface area contributed by atoms with Gasteiger partial charge in [0.25, 0.3) is 0 Å². The van der Waals surface area contributed by atoms with Gasteiger partial charge in [0.1, 0.15) is 6.54 Å². The van der Waals surface area contributed by atoms with E-state index in [4.69, 9.17) is 0 Å². The van der Waals surface area contributed by atoms with Gasteiger partial charge in [-0.2, -0.15) is 0 Å². The Morgan fingerprint density at radius 2 is 1.24 bits per heavy atom. The van der Waals surface area contributed by atoms with Crippen LogP contribution in [0.15, 0.2) is 30.3 Å². The van der Waals surface area contributed by atoms with Crippen LogP contribution < -0.4 is 6.15 Å². The molecule has 0 spiro atoms. The monoisotopic (exact) mass is 244 g/mol. The van der Waals surface area contributed by atoms with Crippen molar-refractivity contribution in [3.8, 4) is 0 Å². The molecule has 102 valence electrons. The summed E-state index contributed by atoms with van der Waals surface area (Å²) >= 11 is 0. The minimum absolute atomic E-state index is 0. The van der Waals surface area contributed by atoms with Crippen LogP contribution in [0.5, 0.6) is 0 Å². The highest BCUT2D eigenvalue weighted by atomic mass is 16.0. The summed E-state index contributed by atoms with van der Waals surface area (Å²) in [4.78, 5) is 0. The Hall–Kier alpha value is -0.940. The zero-order chi connectivity index (χ0) is 10.4. The van der Waals surface area contributed by atoms with Gasteiger partial charge in [0, 0.05) is 5.56 Å². The Morgan fingerprint density at radius 1 is 0.824 bits per heavy atom. The molecule has 0 aliphatic rings. The zero-order valence-electron chi connectivity index (χ0n) is 11.6. The summed E-state index contributed by atoms with van der Waals surface area (Å²) in [5, 5.41) is 0. The first kappa shape index (κ1) is 21.4. The van der Waals surface area contributed by atoms with Gasteiger partial charge < -0.3 is 21.6 Å². The summed E-state index contributed by atoms with van der Waals surface area (Å²) < 4.78 is 1.20. The molecule has 0 aromatic heterocycles. The van der Waals surface area contributed by atoms with E-state index in [0.29, 0.717) is 0 Å². The molecule has 0 aliphatic carbocycles. The molecule has 0 saturated heterocycles. The van der Waals surface area contributed by atoms with Crippen molar-refractivity contribution in [2.24, 2.45) is 0 Å². The van der Waals surface area contributed by atoms with E-state index in [-0.39, 0.29) is 17.1 Å². The molecular formula is C13H28N2O2. The molecule has 1 rings (SSSR count). The Balaban J connectivity index is -0.000000653. The van der Waals surface area contributed by atoms with Gasteiger partial charge in [-0.3, -0.25) is 0 Å². The van der Waals surface area contributed by atoms with Crippen molar-refractivity contribution in [3.05, 3.63) is 35.9 Å². The summed E-state index contributed by atoms with van der Waals surface area (Å²) in [6.07, 6.45) is 0. The summed E-state index contributed by atoms with van der Waals surface area (Å²) in [5.41, 5.74) is 1.46. The molecule has 0 saturated carbocycles. The predicted molar refractivity (Wildman–Crippen MR) is 71.9 cm³/mol. The van der Waals surface area contributed by atoms with Crippen LogP contribution in [0, 0.1) is 0 Å².